The predicted molar refractivity (Wildman–Crippen MR) is 95.3 cm³/mol. The molecule has 0 amide bonds. The second-order valence-corrected chi connectivity index (χ2v) is 7.29. The van der Waals surface area contributed by atoms with E-state index in [1.807, 2.05) is 18.2 Å². The minimum Gasteiger partial charge on any atom is -0.478 e. The van der Waals surface area contributed by atoms with E-state index in [0.717, 1.165) is 35.2 Å². The lowest BCUT2D eigenvalue weighted by Gasteiger charge is -2.43. The van der Waals surface area contributed by atoms with Crippen molar-refractivity contribution < 1.29 is 14.6 Å². The fourth-order valence-electron chi connectivity index (χ4n) is 3.80. The number of hydrogen-bond acceptors (Lipinski definition) is 3. The Morgan fingerprint density at radius 2 is 2.00 bits per heavy atom. The van der Waals surface area contributed by atoms with Crippen LogP contribution in [0.5, 0.6) is 0 Å². The molecule has 2 aliphatic heterocycles. The van der Waals surface area contributed by atoms with Gasteiger partial charge in [-0.05, 0) is 48.7 Å². The number of anilines is 1. The smallest absolute Gasteiger partial charge is 0.335 e. The third-order valence-electron chi connectivity index (χ3n) is 4.94. The summed E-state index contributed by atoms with van der Waals surface area (Å²) in [6, 6.07) is 13.5. The van der Waals surface area contributed by atoms with E-state index >= 15 is 0 Å². The number of hydrogen-bond donors (Lipinski definition) is 2. The Labute approximate surface area is 149 Å². The van der Waals surface area contributed by atoms with Crippen LogP contribution in [0.3, 0.4) is 0 Å². The molecule has 2 N–H and O–H groups in total. The summed E-state index contributed by atoms with van der Waals surface area (Å²) < 4.78 is 7.18. The van der Waals surface area contributed by atoms with Crippen molar-refractivity contribution in [2.75, 3.05) is 11.9 Å². The van der Waals surface area contributed by atoms with Gasteiger partial charge >= 0.3 is 5.97 Å². The summed E-state index contributed by atoms with van der Waals surface area (Å²) in [7, 11) is 0. The molecule has 2 aromatic carbocycles. The fraction of sp³-hybridized carbons (Fsp3) is 0.316. The summed E-state index contributed by atoms with van der Waals surface area (Å²) in [6.07, 6.45) is 2.22. The minimum absolute atomic E-state index is 0.0802. The van der Waals surface area contributed by atoms with Crippen LogP contribution in [0.15, 0.2) is 46.9 Å². The van der Waals surface area contributed by atoms with Crippen molar-refractivity contribution in [1.82, 2.24) is 0 Å². The van der Waals surface area contributed by atoms with E-state index in [9.17, 15) is 4.79 Å². The van der Waals surface area contributed by atoms with E-state index in [1.165, 1.54) is 5.56 Å². The van der Waals surface area contributed by atoms with E-state index in [2.05, 4.69) is 33.4 Å². The van der Waals surface area contributed by atoms with Crippen LogP contribution in [-0.2, 0) is 4.74 Å². The lowest BCUT2D eigenvalue weighted by molar-refractivity contribution is -0.0381. The molecule has 0 radical (unpaired) electrons. The summed E-state index contributed by atoms with van der Waals surface area (Å²) in [6.45, 7) is 0.789. The molecule has 0 saturated carbocycles. The Kier molecular flexibility index (Phi) is 4.06. The molecule has 3 atom stereocenters. The molecule has 5 heteroatoms. The number of carbonyl (C=O) groups is 1. The van der Waals surface area contributed by atoms with E-state index < -0.39 is 5.97 Å². The van der Waals surface area contributed by atoms with Crippen LogP contribution in [0.4, 0.5) is 5.69 Å². The van der Waals surface area contributed by atoms with Crippen LogP contribution in [0, 0.1) is 5.92 Å². The van der Waals surface area contributed by atoms with Crippen LogP contribution in [0.25, 0.3) is 0 Å². The fourth-order valence-corrected chi connectivity index (χ4v) is 4.18. The van der Waals surface area contributed by atoms with Crippen molar-refractivity contribution in [1.29, 1.82) is 0 Å². The first-order chi connectivity index (χ1) is 11.6. The topological polar surface area (TPSA) is 58.6 Å². The number of fused-ring (bicyclic) bond motifs is 3. The van der Waals surface area contributed by atoms with Crippen LogP contribution >= 0.6 is 15.9 Å². The van der Waals surface area contributed by atoms with Crippen LogP contribution in [0.2, 0.25) is 0 Å². The largest absolute Gasteiger partial charge is 0.478 e. The molecule has 24 heavy (non-hydrogen) atoms. The first-order valence-corrected chi connectivity index (χ1v) is 8.93. The Morgan fingerprint density at radius 3 is 2.75 bits per heavy atom. The van der Waals surface area contributed by atoms with Crippen LogP contribution in [0.1, 0.15) is 46.5 Å². The number of nitrogens with one attached hydrogen (secondary N) is 1. The van der Waals surface area contributed by atoms with Crippen molar-refractivity contribution in [2.24, 2.45) is 5.92 Å². The number of aromatic carboxylic acids is 1. The maximum Gasteiger partial charge on any atom is 0.335 e. The zero-order valence-electron chi connectivity index (χ0n) is 13.0. The molecule has 4 rings (SSSR count). The van der Waals surface area contributed by atoms with Gasteiger partial charge in [0.1, 0.15) is 0 Å². The van der Waals surface area contributed by atoms with Gasteiger partial charge in [0.15, 0.2) is 0 Å². The molecular weight excluding hydrogens is 370 g/mol. The molecule has 2 aromatic rings. The number of ether oxygens (including phenoxy) is 1. The zero-order chi connectivity index (χ0) is 16.7. The molecule has 1 saturated heterocycles. The average molecular weight is 388 g/mol. The lowest BCUT2D eigenvalue weighted by atomic mass is 9.77. The minimum atomic E-state index is -0.896. The molecule has 0 bridgehead atoms. The standard InChI is InChI=1S/C19H18BrNO3/c20-13-7-8-16-15(10-13)18-14(2-1-9-24-18)17(21-16)11-3-5-12(6-4-11)19(22)23/h3-8,10,14,17-18,21H,1-2,9H2,(H,22,23)/t14-,17+,18-/m0/s1. The second kappa shape index (κ2) is 6.22. The summed E-state index contributed by atoms with van der Waals surface area (Å²) in [5.41, 5.74) is 3.71. The van der Waals surface area contributed by atoms with Gasteiger partial charge in [-0.3, -0.25) is 0 Å². The summed E-state index contributed by atoms with van der Waals surface area (Å²) in [5, 5.41) is 12.7. The third kappa shape index (κ3) is 2.72. The highest BCUT2D eigenvalue weighted by Crippen LogP contribution is 2.49. The molecular formula is C19H18BrNO3. The van der Waals surface area contributed by atoms with Gasteiger partial charge in [-0.15, -0.1) is 0 Å². The summed E-state index contributed by atoms with van der Waals surface area (Å²) >= 11 is 3.55. The number of carboxylic acid groups (broad SMARTS) is 1. The first kappa shape index (κ1) is 15.7. The Morgan fingerprint density at radius 1 is 1.21 bits per heavy atom. The second-order valence-electron chi connectivity index (χ2n) is 6.38. The van der Waals surface area contributed by atoms with E-state index in [0.29, 0.717) is 11.5 Å². The molecule has 0 aromatic heterocycles. The van der Waals surface area contributed by atoms with Crippen molar-refractivity contribution in [3.8, 4) is 0 Å². The molecule has 0 unspecified atom stereocenters. The Hall–Kier alpha value is -1.85. The van der Waals surface area contributed by atoms with Crippen molar-refractivity contribution >= 4 is 27.6 Å². The Balaban J connectivity index is 1.73. The Bertz CT molecular complexity index is 775. The molecule has 0 spiro atoms. The monoisotopic (exact) mass is 387 g/mol. The molecule has 124 valence electrons. The van der Waals surface area contributed by atoms with Crippen LogP contribution in [-0.4, -0.2) is 17.7 Å². The molecule has 1 fully saturated rings. The maximum absolute atomic E-state index is 11.1. The normalized spacial score (nSPS) is 25.3. The van der Waals surface area contributed by atoms with Crippen molar-refractivity contribution in [3.05, 3.63) is 63.6 Å². The van der Waals surface area contributed by atoms with Gasteiger partial charge in [-0.25, -0.2) is 4.79 Å². The number of benzene rings is 2. The van der Waals surface area contributed by atoms with Crippen LogP contribution < -0.4 is 5.32 Å². The van der Waals surface area contributed by atoms with E-state index in [4.69, 9.17) is 9.84 Å². The number of halogens is 1. The van der Waals surface area contributed by atoms with E-state index in [-0.39, 0.29) is 12.1 Å². The quantitative estimate of drug-likeness (QED) is 0.777. The lowest BCUT2D eigenvalue weighted by Crippen LogP contribution is -2.36. The molecule has 0 aliphatic carbocycles. The van der Waals surface area contributed by atoms with Gasteiger partial charge in [0.2, 0.25) is 0 Å². The van der Waals surface area contributed by atoms with Gasteiger partial charge in [0, 0.05) is 28.2 Å². The summed E-state index contributed by atoms with van der Waals surface area (Å²) in [4.78, 5) is 11.1. The zero-order valence-corrected chi connectivity index (χ0v) is 14.6. The highest BCUT2D eigenvalue weighted by molar-refractivity contribution is 9.10. The maximum atomic E-state index is 11.1. The predicted octanol–water partition coefficient (Wildman–Crippen LogP) is 4.78. The average Bonchev–Trinajstić information content (AvgIpc) is 2.61. The highest BCUT2D eigenvalue weighted by atomic mass is 79.9. The third-order valence-corrected chi connectivity index (χ3v) is 5.44. The molecule has 2 heterocycles. The van der Waals surface area contributed by atoms with Gasteiger partial charge in [0.25, 0.3) is 0 Å². The molecule has 4 nitrogen and oxygen atoms in total. The highest BCUT2D eigenvalue weighted by Gasteiger charge is 2.39. The van der Waals surface area contributed by atoms with Crippen molar-refractivity contribution in [3.63, 3.8) is 0 Å². The van der Waals surface area contributed by atoms with E-state index in [1.54, 1.807) is 12.1 Å². The van der Waals surface area contributed by atoms with Gasteiger partial charge in [0.05, 0.1) is 17.7 Å². The molecule has 2 aliphatic rings. The van der Waals surface area contributed by atoms with Gasteiger partial charge in [-0.1, -0.05) is 28.1 Å². The summed E-state index contributed by atoms with van der Waals surface area (Å²) in [5.74, 6) is -0.552. The van der Waals surface area contributed by atoms with Crippen molar-refractivity contribution in [2.45, 2.75) is 25.0 Å². The SMILES string of the molecule is O=C(O)c1ccc([C@H]2Nc3ccc(Br)cc3[C@H]3OCCC[C@@H]23)cc1. The number of carboxylic acids is 1. The number of rotatable bonds is 2. The van der Waals surface area contributed by atoms with Gasteiger partial charge < -0.3 is 15.2 Å². The van der Waals surface area contributed by atoms with Gasteiger partial charge in [-0.2, -0.15) is 0 Å². The first-order valence-electron chi connectivity index (χ1n) is 8.14.